The number of nitrogens with two attached hydrogens (primary N) is 1. The molecule has 2 N–H and O–H groups in total. The average molecular weight is 256 g/mol. The van der Waals surface area contributed by atoms with Gasteiger partial charge in [0, 0.05) is 13.1 Å². The quantitative estimate of drug-likeness (QED) is 0.879. The van der Waals surface area contributed by atoms with Crippen LogP contribution in [-0.4, -0.2) is 28.9 Å². The summed E-state index contributed by atoms with van der Waals surface area (Å²) >= 11 is 0. The topological polar surface area (TPSA) is 59.2 Å². The molecule has 0 radical (unpaired) electrons. The molecule has 94 valence electrons. The molecule has 1 aromatic heterocycles. The van der Waals surface area contributed by atoms with Crippen LogP contribution >= 0.6 is 12.4 Å². The minimum atomic E-state index is 0. The number of nitrogen functional groups attached to an aromatic ring is 1. The van der Waals surface area contributed by atoms with Gasteiger partial charge in [-0.05, 0) is 24.5 Å². The SMILES string of the molecule is CCC1CCN(C(=O)c2ccc(N)cn2)C1.Cl. The fourth-order valence-electron chi connectivity index (χ4n) is 2.04. The number of anilines is 1. The molecule has 1 aliphatic rings. The van der Waals surface area contributed by atoms with Crippen molar-refractivity contribution < 1.29 is 4.79 Å². The molecule has 1 amide bonds. The Hall–Kier alpha value is -1.29. The predicted octanol–water partition coefficient (Wildman–Crippen LogP) is 1.96. The highest BCUT2D eigenvalue weighted by Crippen LogP contribution is 2.20. The zero-order valence-electron chi connectivity index (χ0n) is 9.93. The van der Waals surface area contributed by atoms with Gasteiger partial charge in [0.2, 0.25) is 0 Å². The van der Waals surface area contributed by atoms with E-state index >= 15 is 0 Å². The van der Waals surface area contributed by atoms with E-state index in [4.69, 9.17) is 5.73 Å². The van der Waals surface area contributed by atoms with E-state index in [-0.39, 0.29) is 18.3 Å². The van der Waals surface area contributed by atoms with E-state index in [1.807, 2.05) is 4.90 Å². The molecule has 1 fully saturated rings. The number of nitrogens with zero attached hydrogens (tertiary/aromatic N) is 2. The smallest absolute Gasteiger partial charge is 0.272 e. The average Bonchev–Trinajstić information content (AvgIpc) is 2.77. The standard InChI is InChI=1S/C12H17N3O.ClH/c1-2-9-5-6-15(8-9)12(16)11-4-3-10(13)7-14-11;/h3-4,7,9H,2,5-6,8,13H2,1H3;1H. The largest absolute Gasteiger partial charge is 0.397 e. The Bertz CT molecular complexity index is 380. The molecular weight excluding hydrogens is 238 g/mol. The maximum absolute atomic E-state index is 12.0. The molecule has 1 aliphatic heterocycles. The lowest BCUT2D eigenvalue weighted by atomic mass is 10.1. The van der Waals surface area contributed by atoms with Gasteiger partial charge in [-0.15, -0.1) is 12.4 Å². The van der Waals surface area contributed by atoms with Crippen LogP contribution in [0.1, 0.15) is 30.3 Å². The third kappa shape index (κ3) is 3.09. The predicted molar refractivity (Wildman–Crippen MR) is 70.2 cm³/mol. The molecule has 1 atom stereocenters. The van der Waals surface area contributed by atoms with Crippen LogP contribution in [0, 0.1) is 5.92 Å². The third-order valence-corrected chi connectivity index (χ3v) is 3.16. The Balaban J connectivity index is 0.00000144. The number of carbonyl (C=O) groups is 1. The van der Waals surface area contributed by atoms with Crippen LogP contribution in [0.2, 0.25) is 0 Å². The van der Waals surface area contributed by atoms with Crippen molar-refractivity contribution >= 4 is 24.0 Å². The lowest BCUT2D eigenvalue weighted by molar-refractivity contribution is 0.0781. The van der Waals surface area contributed by atoms with Gasteiger partial charge in [0.25, 0.3) is 5.91 Å². The maximum Gasteiger partial charge on any atom is 0.272 e. The number of amides is 1. The first-order chi connectivity index (χ1) is 7.70. The number of rotatable bonds is 2. The van der Waals surface area contributed by atoms with Gasteiger partial charge >= 0.3 is 0 Å². The summed E-state index contributed by atoms with van der Waals surface area (Å²) in [6, 6.07) is 3.41. The van der Waals surface area contributed by atoms with Crippen molar-refractivity contribution in [3.8, 4) is 0 Å². The van der Waals surface area contributed by atoms with Crippen molar-refractivity contribution in [3.63, 3.8) is 0 Å². The van der Waals surface area contributed by atoms with E-state index in [0.717, 1.165) is 25.9 Å². The van der Waals surface area contributed by atoms with E-state index in [1.54, 1.807) is 12.1 Å². The molecule has 0 bridgehead atoms. The van der Waals surface area contributed by atoms with Crippen LogP contribution in [0.4, 0.5) is 5.69 Å². The second kappa shape index (κ2) is 5.87. The fourth-order valence-corrected chi connectivity index (χ4v) is 2.04. The minimum Gasteiger partial charge on any atom is -0.397 e. The summed E-state index contributed by atoms with van der Waals surface area (Å²) < 4.78 is 0. The number of halogens is 1. The zero-order chi connectivity index (χ0) is 11.5. The van der Waals surface area contributed by atoms with Crippen molar-refractivity contribution in [3.05, 3.63) is 24.0 Å². The Morgan fingerprint density at radius 1 is 1.59 bits per heavy atom. The monoisotopic (exact) mass is 255 g/mol. The Morgan fingerprint density at radius 2 is 2.35 bits per heavy atom. The molecule has 2 heterocycles. The van der Waals surface area contributed by atoms with Crippen molar-refractivity contribution in [1.82, 2.24) is 9.88 Å². The van der Waals surface area contributed by atoms with E-state index in [0.29, 0.717) is 17.3 Å². The Labute approximate surface area is 108 Å². The molecule has 2 rings (SSSR count). The first-order valence-corrected chi connectivity index (χ1v) is 5.71. The van der Waals surface area contributed by atoms with Crippen molar-refractivity contribution in [2.24, 2.45) is 5.92 Å². The lowest BCUT2D eigenvalue weighted by Crippen LogP contribution is -2.29. The Kier molecular flexibility index (Phi) is 4.75. The minimum absolute atomic E-state index is 0. The molecule has 0 aliphatic carbocycles. The highest BCUT2D eigenvalue weighted by molar-refractivity contribution is 5.92. The molecule has 0 spiro atoms. The van der Waals surface area contributed by atoms with Crippen LogP contribution in [0.3, 0.4) is 0 Å². The van der Waals surface area contributed by atoms with E-state index in [1.165, 1.54) is 6.20 Å². The van der Waals surface area contributed by atoms with E-state index in [2.05, 4.69) is 11.9 Å². The molecule has 1 saturated heterocycles. The van der Waals surface area contributed by atoms with E-state index in [9.17, 15) is 4.79 Å². The molecular formula is C12H18ClN3O. The van der Waals surface area contributed by atoms with Gasteiger partial charge in [0.05, 0.1) is 11.9 Å². The van der Waals surface area contributed by atoms with Crippen LogP contribution < -0.4 is 5.73 Å². The summed E-state index contributed by atoms with van der Waals surface area (Å²) in [5, 5.41) is 0. The number of hydrogen-bond donors (Lipinski definition) is 1. The van der Waals surface area contributed by atoms with Gasteiger partial charge in [0.1, 0.15) is 5.69 Å². The maximum atomic E-state index is 12.0. The van der Waals surface area contributed by atoms with E-state index < -0.39 is 0 Å². The number of hydrogen-bond acceptors (Lipinski definition) is 3. The fraction of sp³-hybridized carbons (Fsp3) is 0.500. The molecule has 0 aromatic carbocycles. The molecule has 5 heteroatoms. The van der Waals surface area contributed by atoms with Gasteiger partial charge in [-0.25, -0.2) is 4.98 Å². The van der Waals surface area contributed by atoms with Crippen molar-refractivity contribution in [2.75, 3.05) is 18.8 Å². The van der Waals surface area contributed by atoms with Gasteiger partial charge < -0.3 is 10.6 Å². The van der Waals surface area contributed by atoms with Crippen molar-refractivity contribution in [2.45, 2.75) is 19.8 Å². The zero-order valence-corrected chi connectivity index (χ0v) is 10.7. The van der Waals surface area contributed by atoms with Crippen LogP contribution in [0.5, 0.6) is 0 Å². The van der Waals surface area contributed by atoms with Gasteiger partial charge in [-0.1, -0.05) is 13.3 Å². The second-order valence-electron chi connectivity index (χ2n) is 4.29. The van der Waals surface area contributed by atoms with Crippen LogP contribution in [0.25, 0.3) is 0 Å². The normalized spacial score (nSPS) is 18.9. The van der Waals surface area contributed by atoms with Gasteiger partial charge in [-0.2, -0.15) is 0 Å². The molecule has 1 unspecified atom stereocenters. The molecule has 4 nitrogen and oxygen atoms in total. The molecule has 1 aromatic rings. The summed E-state index contributed by atoms with van der Waals surface area (Å²) in [4.78, 5) is 18.0. The summed E-state index contributed by atoms with van der Waals surface area (Å²) in [5.41, 5.74) is 6.62. The van der Waals surface area contributed by atoms with Crippen LogP contribution in [-0.2, 0) is 0 Å². The summed E-state index contributed by atoms with van der Waals surface area (Å²) in [6.07, 6.45) is 3.77. The highest BCUT2D eigenvalue weighted by atomic mass is 35.5. The van der Waals surface area contributed by atoms with Crippen molar-refractivity contribution in [1.29, 1.82) is 0 Å². The first kappa shape index (κ1) is 13.8. The lowest BCUT2D eigenvalue weighted by Gasteiger charge is -2.15. The highest BCUT2D eigenvalue weighted by Gasteiger charge is 2.26. The number of carbonyl (C=O) groups excluding carboxylic acids is 1. The van der Waals surface area contributed by atoms with Crippen LogP contribution in [0.15, 0.2) is 18.3 Å². The van der Waals surface area contributed by atoms with Gasteiger partial charge in [-0.3, -0.25) is 4.79 Å². The second-order valence-corrected chi connectivity index (χ2v) is 4.29. The molecule has 0 saturated carbocycles. The van der Waals surface area contributed by atoms with Gasteiger partial charge in [0.15, 0.2) is 0 Å². The number of likely N-dealkylation sites (tertiary alicyclic amines) is 1. The first-order valence-electron chi connectivity index (χ1n) is 5.71. The summed E-state index contributed by atoms with van der Waals surface area (Å²) in [6.45, 7) is 3.88. The number of aromatic nitrogens is 1. The summed E-state index contributed by atoms with van der Waals surface area (Å²) in [7, 11) is 0. The number of pyridine rings is 1. The third-order valence-electron chi connectivity index (χ3n) is 3.16. The summed E-state index contributed by atoms with van der Waals surface area (Å²) in [5.74, 6) is 0.675. The molecule has 17 heavy (non-hydrogen) atoms. The Morgan fingerprint density at radius 3 is 2.88 bits per heavy atom.